The molecule has 1 N–H and O–H groups in total. The van der Waals surface area contributed by atoms with E-state index in [-0.39, 0.29) is 12.6 Å². The number of allylic oxidation sites excluding steroid dienone is 2. The molecule has 0 aliphatic heterocycles. The van der Waals surface area contributed by atoms with Crippen molar-refractivity contribution in [2.75, 3.05) is 12.4 Å². The van der Waals surface area contributed by atoms with Crippen molar-refractivity contribution in [3.05, 3.63) is 11.6 Å². The van der Waals surface area contributed by atoms with Gasteiger partial charge in [0.1, 0.15) is 12.4 Å². The first-order valence-electron chi connectivity index (χ1n) is 6.22. The number of fused-ring (bicyclic) bond motifs is 1. The van der Waals surface area contributed by atoms with Gasteiger partial charge in [-0.05, 0) is 37.5 Å². The Morgan fingerprint density at radius 1 is 1.44 bits per heavy atom. The van der Waals surface area contributed by atoms with Crippen molar-refractivity contribution in [2.45, 2.75) is 25.7 Å². The predicted molar refractivity (Wildman–Crippen MR) is 63.3 cm³/mol. The number of rotatable bonds is 4. The summed E-state index contributed by atoms with van der Waals surface area (Å²) in [6.07, 6.45) is 5.77. The Kier molecular flexibility index (Phi) is 2.57. The van der Waals surface area contributed by atoms with Crippen LogP contribution >= 0.6 is 0 Å². The average molecular weight is 272 g/mol. The molecule has 2 unspecified atom stereocenters. The molecule has 0 spiro atoms. The van der Waals surface area contributed by atoms with Crippen LogP contribution < -0.4 is 0 Å². The second-order valence-corrected chi connectivity index (χ2v) is 7.22. The lowest BCUT2D eigenvalue weighted by molar-refractivity contribution is -0.162. The molecule has 0 saturated heterocycles. The zero-order valence-corrected chi connectivity index (χ0v) is 10.8. The maximum Gasteiger partial charge on any atom is 0.312 e. The molecule has 6 heteroatoms. The average Bonchev–Trinajstić information content (AvgIpc) is 2.27. The maximum absolute atomic E-state index is 12.1. The number of ether oxygens (including phenoxy) is 1. The number of carbonyl (C=O) groups is 1. The Morgan fingerprint density at radius 3 is 2.67 bits per heavy atom. The van der Waals surface area contributed by atoms with Gasteiger partial charge in [0.15, 0.2) is 0 Å². The number of hydrogen-bond acceptors (Lipinski definition) is 4. The molecule has 18 heavy (non-hydrogen) atoms. The SMILES string of the molecule is O=C(OCCS(=O)(=O)O)C12CC=C3C(CC3C1)C2. The quantitative estimate of drug-likeness (QED) is 0.472. The molecule has 4 bridgehead atoms. The lowest BCUT2D eigenvalue weighted by atomic mass is 9.48. The van der Waals surface area contributed by atoms with Gasteiger partial charge in [-0.3, -0.25) is 9.35 Å². The van der Waals surface area contributed by atoms with Gasteiger partial charge in [0, 0.05) is 0 Å². The van der Waals surface area contributed by atoms with Crippen molar-refractivity contribution < 1.29 is 22.5 Å². The number of carbonyl (C=O) groups excluding carboxylic acids is 1. The molecule has 5 nitrogen and oxygen atoms in total. The number of hydrogen-bond donors (Lipinski definition) is 1. The minimum absolute atomic E-state index is 0.259. The van der Waals surface area contributed by atoms with E-state index in [4.69, 9.17) is 9.29 Å². The van der Waals surface area contributed by atoms with Crippen molar-refractivity contribution >= 4 is 16.1 Å². The summed E-state index contributed by atoms with van der Waals surface area (Å²) < 4.78 is 34.7. The molecule has 0 aromatic rings. The van der Waals surface area contributed by atoms with Crippen LogP contribution in [0.1, 0.15) is 25.7 Å². The van der Waals surface area contributed by atoms with E-state index in [2.05, 4.69) is 6.08 Å². The molecule has 3 saturated carbocycles. The Hall–Kier alpha value is -0.880. The monoisotopic (exact) mass is 272 g/mol. The van der Waals surface area contributed by atoms with Gasteiger partial charge in [-0.1, -0.05) is 11.6 Å². The fraction of sp³-hybridized carbons (Fsp3) is 0.750. The summed E-state index contributed by atoms with van der Waals surface area (Å²) in [6.45, 7) is -0.259. The molecule has 2 atom stereocenters. The summed E-state index contributed by atoms with van der Waals surface area (Å²) in [5, 5.41) is 0. The van der Waals surface area contributed by atoms with E-state index in [1.54, 1.807) is 0 Å². The molecular formula is C12H16O5S. The fourth-order valence-corrected chi connectivity index (χ4v) is 3.97. The van der Waals surface area contributed by atoms with Crippen LogP contribution in [0.5, 0.6) is 0 Å². The topological polar surface area (TPSA) is 80.7 Å². The summed E-state index contributed by atoms with van der Waals surface area (Å²) in [5.74, 6) is 0.275. The van der Waals surface area contributed by atoms with Gasteiger partial charge in [0.2, 0.25) is 0 Å². The molecule has 5 aliphatic rings. The normalized spacial score (nSPS) is 36.8. The van der Waals surface area contributed by atoms with Crippen LogP contribution in [-0.4, -0.2) is 31.3 Å². The minimum atomic E-state index is -4.06. The van der Waals surface area contributed by atoms with E-state index < -0.39 is 21.3 Å². The van der Waals surface area contributed by atoms with E-state index >= 15 is 0 Å². The predicted octanol–water partition coefficient (Wildman–Crippen LogP) is 1.16. The summed E-state index contributed by atoms with van der Waals surface area (Å²) in [7, 11) is -4.06. The lowest BCUT2D eigenvalue weighted by Gasteiger charge is -2.56. The molecule has 0 aromatic carbocycles. The first-order valence-corrected chi connectivity index (χ1v) is 7.83. The molecule has 0 radical (unpaired) electrons. The fourth-order valence-electron chi connectivity index (χ4n) is 3.67. The zero-order valence-electron chi connectivity index (χ0n) is 9.96. The molecule has 5 aliphatic carbocycles. The molecule has 3 fully saturated rings. The first-order chi connectivity index (χ1) is 8.40. The van der Waals surface area contributed by atoms with Gasteiger partial charge in [-0.15, -0.1) is 0 Å². The van der Waals surface area contributed by atoms with Crippen molar-refractivity contribution in [3.8, 4) is 0 Å². The second kappa shape index (κ2) is 3.81. The molecule has 0 aromatic heterocycles. The van der Waals surface area contributed by atoms with E-state index in [9.17, 15) is 13.2 Å². The van der Waals surface area contributed by atoms with Gasteiger partial charge in [0.05, 0.1) is 5.41 Å². The van der Waals surface area contributed by atoms with E-state index in [1.165, 1.54) is 12.0 Å². The Balaban J connectivity index is 1.62. The van der Waals surface area contributed by atoms with E-state index in [1.807, 2.05) is 0 Å². The van der Waals surface area contributed by atoms with Crippen LogP contribution in [0.3, 0.4) is 0 Å². The highest BCUT2D eigenvalue weighted by Crippen LogP contribution is 2.62. The van der Waals surface area contributed by atoms with Gasteiger partial charge in [0.25, 0.3) is 10.1 Å². The van der Waals surface area contributed by atoms with Crippen LogP contribution in [0.2, 0.25) is 0 Å². The second-order valence-electron chi connectivity index (χ2n) is 5.65. The third-order valence-corrected chi connectivity index (χ3v) is 5.20. The van der Waals surface area contributed by atoms with Crippen LogP contribution in [0.15, 0.2) is 11.6 Å². The van der Waals surface area contributed by atoms with Gasteiger partial charge in [-0.2, -0.15) is 8.42 Å². The highest BCUT2D eigenvalue weighted by molar-refractivity contribution is 7.85. The molecule has 0 amide bonds. The Labute approximate surface area is 106 Å². The molecular weight excluding hydrogens is 256 g/mol. The standard InChI is InChI=1S/C12H16O5S/c13-11(17-3-4-18(14,15)16)12-2-1-10-8(6-12)5-9(10)7-12/h1,8-9H,2-7H2,(H,14,15,16). The van der Waals surface area contributed by atoms with Gasteiger partial charge < -0.3 is 4.74 Å². The molecule has 100 valence electrons. The van der Waals surface area contributed by atoms with Crippen molar-refractivity contribution in [1.29, 1.82) is 0 Å². The van der Waals surface area contributed by atoms with Crippen LogP contribution in [-0.2, 0) is 19.6 Å². The van der Waals surface area contributed by atoms with Gasteiger partial charge >= 0.3 is 5.97 Å². The maximum atomic E-state index is 12.1. The minimum Gasteiger partial charge on any atom is -0.464 e. The highest BCUT2D eigenvalue weighted by Gasteiger charge is 2.57. The summed E-state index contributed by atoms with van der Waals surface area (Å²) >= 11 is 0. The van der Waals surface area contributed by atoms with Crippen molar-refractivity contribution in [2.24, 2.45) is 17.3 Å². The van der Waals surface area contributed by atoms with Crippen LogP contribution in [0.4, 0.5) is 0 Å². The van der Waals surface area contributed by atoms with Crippen molar-refractivity contribution in [3.63, 3.8) is 0 Å². The molecule has 5 rings (SSSR count). The summed E-state index contributed by atoms with van der Waals surface area (Å²) in [4.78, 5) is 12.1. The smallest absolute Gasteiger partial charge is 0.312 e. The highest BCUT2D eigenvalue weighted by atomic mass is 32.2. The van der Waals surface area contributed by atoms with Crippen LogP contribution in [0.25, 0.3) is 0 Å². The lowest BCUT2D eigenvalue weighted by Crippen LogP contribution is -2.51. The Morgan fingerprint density at radius 2 is 2.11 bits per heavy atom. The third kappa shape index (κ3) is 1.87. The largest absolute Gasteiger partial charge is 0.464 e. The zero-order chi connectivity index (χ0) is 13.0. The first kappa shape index (κ1) is 12.2. The van der Waals surface area contributed by atoms with E-state index in [0.717, 1.165) is 19.3 Å². The molecule has 0 heterocycles. The Bertz CT molecular complexity index is 505. The summed E-state index contributed by atoms with van der Waals surface area (Å²) in [6, 6.07) is 0. The van der Waals surface area contributed by atoms with Crippen LogP contribution in [0, 0.1) is 17.3 Å². The van der Waals surface area contributed by atoms with E-state index in [0.29, 0.717) is 11.8 Å². The third-order valence-electron chi connectivity index (χ3n) is 4.52. The number of esters is 1. The summed E-state index contributed by atoms with van der Waals surface area (Å²) in [5.41, 5.74) is 1.09. The van der Waals surface area contributed by atoms with Gasteiger partial charge in [-0.25, -0.2) is 0 Å². The van der Waals surface area contributed by atoms with Crippen molar-refractivity contribution in [1.82, 2.24) is 0 Å².